The van der Waals surface area contributed by atoms with Crippen LogP contribution in [0.1, 0.15) is 25.7 Å². The second-order valence-electron chi connectivity index (χ2n) is 4.57. The molecule has 1 fully saturated rings. The molecule has 0 saturated heterocycles. The van der Waals surface area contributed by atoms with Gasteiger partial charge < -0.3 is 5.73 Å². The van der Waals surface area contributed by atoms with E-state index in [-0.39, 0.29) is 16.2 Å². The van der Waals surface area contributed by atoms with Gasteiger partial charge in [-0.05, 0) is 37.4 Å². The highest BCUT2D eigenvalue weighted by molar-refractivity contribution is 7.91. The largest absolute Gasteiger partial charge is 0.330 e. The van der Waals surface area contributed by atoms with Crippen LogP contribution in [0.3, 0.4) is 0 Å². The van der Waals surface area contributed by atoms with Crippen molar-refractivity contribution in [1.29, 1.82) is 0 Å². The van der Waals surface area contributed by atoms with Crippen molar-refractivity contribution in [2.45, 2.75) is 35.9 Å². The third kappa shape index (κ3) is 3.24. The molecule has 2 unspecified atom stereocenters. The van der Waals surface area contributed by atoms with Crippen LogP contribution in [0.15, 0.2) is 16.3 Å². The average Bonchev–Trinajstić information content (AvgIpc) is 2.77. The van der Waals surface area contributed by atoms with Gasteiger partial charge in [0.1, 0.15) is 4.21 Å². The Bertz CT molecular complexity index is 501. The van der Waals surface area contributed by atoms with Crippen LogP contribution in [0.2, 0.25) is 4.34 Å². The molecule has 2 atom stereocenters. The number of sulfonamides is 1. The van der Waals surface area contributed by atoms with Crippen molar-refractivity contribution in [3.63, 3.8) is 0 Å². The summed E-state index contributed by atoms with van der Waals surface area (Å²) in [6.07, 6.45) is 4.04. The third-order valence-electron chi connectivity index (χ3n) is 3.33. The Kier molecular flexibility index (Phi) is 4.66. The number of rotatable bonds is 4. The van der Waals surface area contributed by atoms with Crippen LogP contribution in [0, 0.1) is 5.92 Å². The van der Waals surface area contributed by atoms with Crippen molar-refractivity contribution in [2.75, 3.05) is 6.54 Å². The lowest BCUT2D eigenvalue weighted by Gasteiger charge is -2.30. The van der Waals surface area contributed by atoms with Crippen LogP contribution in [-0.2, 0) is 10.0 Å². The highest BCUT2D eigenvalue weighted by Gasteiger charge is 2.29. The fraction of sp³-hybridized carbons (Fsp3) is 0.636. The minimum absolute atomic E-state index is 0.0466. The van der Waals surface area contributed by atoms with Gasteiger partial charge in [-0.1, -0.05) is 24.4 Å². The lowest BCUT2D eigenvalue weighted by atomic mass is 9.85. The van der Waals surface area contributed by atoms with Crippen molar-refractivity contribution in [3.05, 3.63) is 16.5 Å². The summed E-state index contributed by atoms with van der Waals surface area (Å²) in [6.45, 7) is 0.526. The van der Waals surface area contributed by atoms with Gasteiger partial charge in [0, 0.05) is 6.04 Å². The topological polar surface area (TPSA) is 72.2 Å². The zero-order valence-corrected chi connectivity index (χ0v) is 12.3. The first kappa shape index (κ1) is 14.3. The van der Waals surface area contributed by atoms with E-state index in [1.807, 2.05) is 0 Å². The summed E-state index contributed by atoms with van der Waals surface area (Å²) in [5.74, 6) is 0.240. The third-order valence-corrected chi connectivity index (χ3v) is 6.54. The maximum atomic E-state index is 12.2. The van der Waals surface area contributed by atoms with Gasteiger partial charge >= 0.3 is 0 Å². The summed E-state index contributed by atoms with van der Waals surface area (Å²) in [5, 5.41) is 0. The van der Waals surface area contributed by atoms with E-state index < -0.39 is 10.0 Å². The Hall–Kier alpha value is -0.140. The van der Waals surface area contributed by atoms with E-state index in [9.17, 15) is 8.42 Å². The number of hydrogen-bond donors (Lipinski definition) is 2. The fourth-order valence-corrected chi connectivity index (χ4v) is 5.18. The maximum absolute atomic E-state index is 12.2. The first-order chi connectivity index (χ1) is 8.53. The lowest BCUT2D eigenvalue weighted by molar-refractivity contribution is 0.296. The van der Waals surface area contributed by atoms with Crippen molar-refractivity contribution in [1.82, 2.24) is 4.72 Å². The van der Waals surface area contributed by atoms with Gasteiger partial charge in [-0.15, -0.1) is 11.3 Å². The molecular formula is C11H17ClN2O2S2. The van der Waals surface area contributed by atoms with Gasteiger partial charge in [-0.3, -0.25) is 0 Å². The maximum Gasteiger partial charge on any atom is 0.250 e. The van der Waals surface area contributed by atoms with Crippen molar-refractivity contribution in [3.8, 4) is 0 Å². The Labute approximate surface area is 117 Å². The second-order valence-corrected chi connectivity index (χ2v) is 8.22. The van der Waals surface area contributed by atoms with Gasteiger partial charge in [-0.25, -0.2) is 13.1 Å². The molecule has 102 valence electrons. The molecule has 18 heavy (non-hydrogen) atoms. The summed E-state index contributed by atoms with van der Waals surface area (Å²) in [5.41, 5.74) is 5.70. The summed E-state index contributed by atoms with van der Waals surface area (Å²) in [6, 6.07) is 3.09. The van der Waals surface area contributed by atoms with Crippen molar-refractivity contribution < 1.29 is 8.42 Å². The van der Waals surface area contributed by atoms with E-state index in [0.717, 1.165) is 37.0 Å². The fourth-order valence-electron chi connectivity index (χ4n) is 2.34. The van der Waals surface area contributed by atoms with Gasteiger partial charge in [0.05, 0.1) is 4.34 Å². The molecule has 1 aromatic rings. The molecule has 1 aromatic heterocycles. The molecule has 3 N–H and O–H groups in total. The number of nitrogens with two attached hydrogens (primary N) is 1. The Balaban J connectivity index is 2.12. The standard InChI is InChI=1S/C11H17ClN2O2S2/c12-10-5-6-11(17-10)18(15,16)14-9-4-2-1-3-8(9)7-13/h5-6,8-9,14H,1-4,7,13H2. The quantitative estimate of drug-likeness (QED) is 0.895. The molecule has 2 rings (SSSR count). The van der Waals surface area contributed by atoms with Crippen LogP contribution in [-0.4, -0.2) is 21.0 Å². The number of halogens is 1. The molecule has 1 heterocycles. The lowest BCUT2D eigenvalue weighted by Crippen LogP contribution is -2.44. The molecule has 0 bridgehead atoms. The van der Waals surface area contributed by atoms with E-state index in [0.29, 0.717) is 10.9 Å². The minimum atomic E-state index is -3.45. The van der Waals surface area contributed by atoms with E-state index in [4.69, 9.17) is 17.3 Å². The summed E-state index contributed by atoms with van der Waals surface area (Å²) in [7, 11) is -3.45. The number of nitrogens with one attached hydrogen (secondary N) is 1. The molecule has 1 saturated carbocycles. The van der Waals surface area contributed by atoms with Crippen LogP contribution in [0.25, 0.3) is 0 Å². The molecule has 0 spiro atoms. The predicted molar refractivity (Wildman–Crippen MR) is 74.5 cm³/mol. The average molecular weight is 309 g/mol. The highest BCUT2D eigenvalue weighted by Crippen LogP contribution is 2.28. The van der Waals surface area contributed by atoms with E-state index >= 15 is 0 Å². The molecule has 0 radical (unpaired) electrons. The molecule has 0 aliphatic heterocycles. The summed E-state index contributed by atoms with van der Waals surface area (Å²) >= 11 is 6.85. The van der Waals surface area contributed by atoms with Gasteiger partial charge in [-0.2, -0.15) is 0 Å². The molecule has 4 nitrogen and oxygen atoms in total. The monoisotopic (exact) mass is 308 g/mol. The van der Waals surface area contributed by atoms with Crippen LogP contribution in [0.4, 0.5) is 0 Å². The zero-order valence-electron chi connectivity index (χ0n) is 9.93. The normalized spacial score (nSPS) is 25.2. The Morgan fingerprint density at radius 2 is 2.11 bits per heavy atom. The Morgan fingerprint density at radius 1 is 1.39 bits per heavy atom. The van der Waals surface area contributed by atoms with Gasteiger partial charge in [0.25, 0.3) is 0 Å². The number of hydrogen-bond acceptors (Lipinski definition) is 4. The highest BCUT2D eigenvalue weighted by atomic mass is 35.5. The summed E-state index contributed by atoms with van der Waals surface area (Å²) in [4.78, 5) is 0. The Morgan fingerprint density at radius 3 is 2.72 bits per heavy atom. The van der Waals surface area contributed by atoms with E-state index in [2.05, 4.69) is 4.72 Å². The number of thiophene rings is 1. The predicted octanol–water partition coefficient (Wildman–Crippen LogP) is 2.20. The minimum Gasteiger partial charge on any atom is -0.330 e. The molecule has 1 aliphatic carbocycles. The first-order valence-corrected chi connectivity index (χ1v) is 8.68. The smallest absolute Gasteiger partial charge is 0.250 e. The van der Waals surface area contributed by atoms with Gasteiger partial charge in [0.15, 0.2) is 0 Å². The molecule has 0 amide bonds. The molecule has 7 heteroatoms. The second kappa shape index (κ2) is 5.88. The van der Waals surface area contributed by atoms with Gasteiger partial charge in [0.2, 0.25) is 10.0 Å². The first-order valence-electron chi connectivity index (χ1n) is 6.00. The SMILES string of the molecule is NCC1CCCCC1NS(=O)(=O)c1ccc(Cl)s1. The van der Waals surface area contributed by atoms with Crippen LogP contribution < -0.4 is 10.5 Å². The molecular weight excluding hydrogens is 292 g/mol. The van der Waals surface area contributed by atoms with Crippen molar-refractivity contribution >= 4 is 33.0 Å². The zero-order chi connectivity index (χ0) is 13.2. The molecule has 0 aromatic carbocycles. The van der Waals surface area contributed by atoms with E-state index in [1.54, 1.807) is 6.07 Å². The van der Waals surface area contributed by atoms with Crippen LogP contribution >= 0.6 is 22.9 Å². The summed E-state index contributed by atoms with van der Waals surface area (Å²) < 4.78 is 27.9. The molecule has 1 aliphatic rings. The van der Waals surface area contributed by atoms with E-state index in [1.165, 1.54) is 6.07 Å². The van der Waals surface area contributed by atoms with Crippen molar-refractivity contribution in [2.24, 2.45) is 11.7 Å². The van der Waals surface area contributed by atoms with Crippen LogP contribution in [0.5, 0.6) is 0 Å².